The Hall–Kier alpha value is -4.51. The van der Waals surface area contributed by atoms with Gasteiger partial charge in [0.15, 0.2) is 11.5 Å². The van der Waals surface area contributed by atoms with Gasteiger partial charge in [-0.05, 0) is 35.6 Å². The first-order valence-electron chi connectivity index (χ1n) is 12.4. The molecule has 11 nitrogen and oxygen atoms in total. The molecule has 3 amide bonds. The Kier molecular flexibility index (Phi) is 6.93. The molecule has 0 bridgehead atoms. The van der Waals surface area contributed by atoms with Crippen LogP contribution in [-0.2, 0) is 6.42 Å². The summed E-state index contributed by atoms with van der Waals surface area (Å²) >= 11 is 0. The van der Waals surface area contributed by atoms with Crippen molar-refractivity contribution in [3.63, 3.8) is 0 Å². The van der Waals surface area contributed by atoms with Crippen LogP contribution in [0.25, 0.3) is 11.3 Å². The molecular weight excluding hydrogens is 488 g/mol. The number of benzene rings is 2. The van der Waals surface area contributed by atoms with Crippen molar-refractivity contribution >= 4 is 23.7 Å². The third-order valence-corrected chi connectivity index (χ3v) is 7.03. The molecule has 3 atom stereocenters. The van der Waals surface area contributed by atoms with Gasteiger partial charge >= 0.3 is 6.09 Å². The summed E-state index contributed by atoms with van der Waals surface area (Å²) in [4.78, 5) is 46.8. The molecule has 38 heavy (non-hydrogen) atoms. The molecule has 0 radical (unpaired) electrons. The SMILES string of the molecule is Nc1ncc(-c2cccc(C(=O)N[C@@H]3c4ccccc4C[C@@H]3O)c2)nc1C(=O)NC[C@H]1CCN(C(=O)O)C1. The minimum Gasteiger partial charge on any atom is -0.465 e. The smallest absolute Gasteiger partial charge is 0.407 e. The van der Waals surface area contributed by atoms with Gasteiger partial charge in [-0.25, -0.2) is 14.8 Å². The Morgan fingerprint density at radius 3 is 2.71 bits per heavy atom. The minimum atomic E-state index is -0.971. The van der Waals surface area contributed by atoms with Crippen LogP contribution in [0, 0.1) is 5.92 Å². The molecule has 2 aliphatic rings. The van der Waals surface area contributed by atoms with Crippen molar-refractivity contribution in [2.75, 3.05) is 25.4 Å². The first-order valence-corrected chi connectivity index (χ1v) is 12.4. The summed E-state index contributed by atoms with van der Waals surface area (Å²) in [6, 6.07) is 13.9. The maximum absolute atomic E-state index is 13.1. The molecule has 5 rings (SSSR count). The second-order valence-corrected chi connectivity index (χ2v) is 9.58. The number of rotatable bonds is 6. The predicted molar refractivity (Wildman–Crippen MR) is 138 cm³/mol. The van der Waals surface area contributed by atoms with Crippen LogP contribution in [0.1, 0.15) is 44.4 Å². The zero-order chi connectivity index (χ0) is 26.8. The monoisotopic (exact) mass is 516 g/mol. The largest absolute Gasteiger partial charge is 0.465 e. The Bertz CT molecular complexity index is 1400. The number of nitrogen functional groups attached to an aromatic ring is 1. The third kappa shape index (κ3) is 5.14. The van der Waals surface area contributed by atoms with Crippen molar-refractivity contribution < 1.29 is 24.6 Å². The topological polar surface area (TPSA) is 171 Å². The fraction of sp³-hybridized carbons (Fsp3) is 0.296. The summed E-state index contributed by atoms with van der Waals surface area (Å²) in [5, 5.41) is 25.3. The van der Waals surface area contributed by atoms with Crippen molar-refractivity contribution in [1.29, 1.82) is 0 Å². The number of nitrogens with two attached hydrogens (primary N) is 1. The summed E-state index contributed by atoms with van der Waals surface area (Å²) in [7, 11) is 0. The van der Waals surface area contributed by atoms with Gasteiger partial charge in [0, 0.05) is 37.2 Å². The lowest BCUT2D eigenvalue weighted by Gasteiger charge is -2.18. The molecule has 2 aromatic carbocycles. The van der Waals surface area contributed by atoms with Gasteiger partial charge in [-0.15, -0.1) is 0 Å². The minimum absolute atomic E-state index is 0.00737. The van der Waals surface area contributed by atoms with E-state index in [1.807, 2.05) is 24.3 Å². The zero-order valence-electron chi connectivity index (χ0n) is 20.5. The summed E-state index contributed by atoms with van der Waals surface area (Å²) in [6.07, 6.45) is 0.890. The van der Waals surface area contributed by atoms with E-state index in [1.54, 1.807) is 24.3 Å². The molecule has 11 heteroatoms. The Morgan fingerprint density at radius 1 is 1.11 bits per heavy atom. The number of aliphatic hydroxyl groups is 1. The van der Waals surface area contributed by atoms with Gasteiger partial charge in [-0.1, -0.05) is 36.4 Å². The average Bonchev–Trinajstić information content (AvgIpc) is 3.52. The molecule has 1 aromatic heterocycles. The van der Waals surface area contributed by atoms with Crippen molar-refractivity contribution in [3.8, 4) is 11.3 Å². The Morgan fingerprint density at radius 2 is 1.92 bits per heavy atom. The van der Waals surface area contributed by atoms with E-state index >= 15 is 0 Å². The fourth-order valence-electron chi connectivity index (χ4n) is 4.99. The maximum Gasteiger partial charge on any atom is 0.407 e. The molecular formula is C27H28N6O5. The number of likely N-dealkylation sites (tertiary alicyclic amines) is 1. The van der Waals surface area contributed by atoms with Crippen molar-refractivity contribution in [3.05, 3.63) is 77.1 Å². The number of hydrogen-bond acceptors (Lipinski definition) is 7. The number of carbonyl (C=O) groups excluding carboxylic acids is 2. The highest BCUT2D eigenvalue weighted by atomic mass is 16.4. The van der Waals surface area contributed by atoms with Crippen LogP contribution < -0.4 is 16.4 Å². The number of fused-ring (bicyclic) bond motifs is 1. The number of hydrogen-bond donors (Lipinski definition) is 5. The molecule has 3 aromatic rings. The number of anilines is 1. The summed E-state index contributed by atoms with van der Waals surface area (Å²) < 4.78 is 0. The van der Waals surface area contributed by atoms with E-state index in [-0.39, 0.29) is 23.3 Å². The van der Waals surface area contributed by atoms with Gasteiger partial charge in [0.05, 0.1) is 24.0 Å². The van der Waals surface area contributed by atoms with Crippen LogP contribution in [0.2, 0.25) is 0 Å². The summed E-state index contributed by atoms with van der Waals surface area (Å²) in [5.74, 6) is -0.880. The van der Waals surface area contributed by atoms with Crippen molar-refractivity contribution in [1.82, 2.24) is 25.5 Å². The van der Waals surface area contributed by atoms with E-state index in [1.165, 1.54) is 11.1 Å². The van der Waals surface area contributed by atoms with Crippen LogP contribution in [0.5, 0.6) is 0 Å². The molecule has 1 fully saturated rings. The molecule has 0 spiro atoms. The van der Waals surface area contributed by atoms with E-state index in [9.17, 15) is 19.5 Å². The first-order chi connectivity index (χ1) is 18.3. The van der Waals surface area contributed by atoms with Gasteiger partial charge in [0.2, 0.25) is 0 Å². The number of nitrogens with one attached hydrogen (secondary N) is 2. The van der Waals surface area contributed by atoms with Gasteiger partial charge in [-0.3, -0.25) is 9.59 Å². The highest BCUT2D eigenvalue weighted by Crippen LogP contribution is 2.31. The highest BCUT2D eigenvalue weighted by molar-refractivity contribution is 5.97. The van der Waals surface area contributed by atoms with Gasteiger partial charge in [0.1, 0.15) is 0 Å². The second kappa shape index (κ2) is 10.5. The first kappa shape index (κ1) is 25.2. The predicted octanol–water partition coefficient (Wildman–Crippen LogP) is 1.84. The summed E-state index contributed by atoms with van der Waals surface area (Å²) in [5.41, 5.74) is 9.09. The molecule has 196 valence electrons. The molecule has 1 aliphatic heterocycles. The van der Waals surface area contributed by atoms with E-state index in [0.29, 0.717) is 49.3 Å². The Labute approximate surface area is 218 Å². The average molecular weight is 517 g/mol. The van der Waals surface area contributed by atoms with Crippen LogP contribution in [0.4, 0.5) is 10.6 Å². The van der Waals surface area contributed by atoms with Gasteiger partial charge in [-0.2, -0.15) is 0 Å². The van der Waals surface area contributed by atoms with E-state index < -0.39 is 24.1 Å². The van der Waals surface area contributed by atoms with Crippen molar-refractivity contribution in [2.24, 2.45) is 5.92 Å². The standard InChI is InChI=1S/C27H28N6O5/c28-24-23(26(36)30-12-15-8-9-33(14-15)27(37)38)31-20(13-29-24)17-5-3-6-18(10-17)25(35)32-22-19-7-2-1-4-16(19)11-21(22)34/h1-7,10,13,15,21-22,34H,8-9,11-12,14H2,(H2,28,29)(H,30,36)(H,32,35)(H,37,38)/t15-,21+,22-/m1/s1. The van der Waals surface area contributed by atoms with Crippen molar-refractivity contribution in [2.45, 2.75) is 25.0 Å². The second-order valence-electron chi connectivity index (χ2n) is 9.58. The van der Waals surface area contributed by atoms with Crippen LogP contribution in [0.15, 0.2) is 54.7 Å². The Balaban J connectivity index is 1.28. The molecule has 0 unspecified atom stereocenters. The van der Waals surface area contributed by atoms with Crippen LogP contribution >= 0.6 is 0 Å². The highest BCUT2D eigenvalue weighted by Gasteiger charge is 2.32. The van der Waals surface area contributed by atoms with E-state index in [2.05, 4.69) is 20.6 Å². The van der Waals surface area contributed by atoms with E-state index in [0.717, 1.165) is 11.1 Å². The number of aromatic nitrogens is 2. The molecule has 1 saturated heterocycles. The number of carboxylic acid groups (broad SMARTS) is 1. The van der Waals surface area contributed by atoms with Gasteiger partial charge in [0.25, 0.3) is 11.8 Å². The maximum atomic E-state index is 13.1. The number of carbonyl (C=O) groups is 3. The van der Waals surface area contributed by atoms with Crippen LogP contribution in [-0.4, -0.2) is 68.7 Å². The molecule has 6 N–H and O–H groups in total. The number of nitrogens with zero attached hydrogens (tertiary/aromatic N) is 3. The number of aliphatic hydroxyl groups excluding tert-OH is 1. The van der Waals surface area contributed by atoms with Crippen LogP contribution in [0.3, 0.4) is 0 Å². The fourth-order valence-corrected chi connectivity index (χ4v) is 4.99. The third-order valence-electron chi connectivity index (χ3n) is 7.03. The van der Waals surface area contributed by atoms with Gasteiger partial charge < -0.3 is 31.5 Å². The van der Waals surface area contributed by atoms with E-state index in [4.69, 9.17) is 10.8 Å². The molecule has 1 aliphatic carbocycles. The molecule has 0 saturated carbocycles. The quantitative estimate of drug-likeness (QED) is 0.330. The summed E-state index contributed by atoms with van der Waals surface area (Å²) in [6.45, 7) is 1.08. The normalized spacial score (nSPS) is 20.1. The lowest BCUT2D eigenvalue weighted by Crippen LogP contribution is -2.33. The number of amides is 3. The lowest BCUT2D eigenvalue weighted by atomic mass is 10.1. The lowest BCUT2D eigenvalue weighted by molar-refractivity contribution is 0.0857. The zero-order valence-corrected chi connectivity index (χ0v) is 20.5. The molecule has 2 heterocycles.